The molecule has 0 bridgehead atoms. The third kappa shape index (κ3) is 19.6. The van der Waals surface area contributed by atoms with Gasteiger partial charge in [-0.1, -0.05) is 90.4 Å². The van der Waals surface area contributed by atoms with Crippen molar-refractivity contribution in [2.24, 2.45) is 0 Å². The molecule has 0 heterocycles. The molecule has 0 spiro atoms. The molecule has 0 saturated carbocycles. The third-order valence-corrected chi connectivity index (χ3v) is 3.75. The van der Waals surface area contributed by atoms with Gasteiger partial charge in [0, 0.05) is 5.88 Å². The molecule has 0 atom stereocenters. The van der Waals surface area contributed by atoms with Crippen molar-refractivity contribution in [3.05, 3.63) is 0 Å². The fraction of sp³-hybridized carbons (Fsp3) is 1.00. The van der Waals surface area contributed by atoms with Gasteiger partial charge in [0.05, 0.1) is 0 Å². The van der Waals surface area contributed by atoms with Crippen molar-refractivity contribution < 1.29 is 31.0 Å². The quantitative estimate of drug-likeness (QED) is 0.258. The zero-order valence-electron chi connectivity index (χ0n) is 14.0. The van der Waals surface area contributed by atoms with Crippen LogP contribution in [0.4, 0.5) is 0 Å². The first-order valence-electron chi connectivity index (χ1n) is 7.97. The molecular weight excluding hydrogens is 251 g/mol. The zero-order valence-corrected chi connectivity index (χ0v) is 15.7. The van der Waals surface area contributed by atoms with Crippen LogP contribution in [0.15, 0.2) is 0 Å². The largest absolute Gasteiger partial charge is 1.00 e. The molecule has 0 aromatic heterocycles. The van der Waals surface area contributed by atoms with Crippen LogP contribution in [0.25, 0.3) is 0 Å². The number of alkyl halides is 1. The summed E-state index contributed by atoms with van der Waals surface area (Å²) in [6.45, 7) is 2.28. The van der Waals surface area contributed by atoms with E-state index in [9.17, 15) is 0 Å². The van der Waals surface area contributed by atoms with Crippen molar-refractivity contribution >= 4 is 11.6 Å². The van der Waals surface area contributed by atoms with Gasteiger partial charge in [0.25, 0.3) is 0 Å². The van der Waals surface area contributed by atoms with Gasteiger partial charge in [0.2, 0.25) is 0 Å². The fourth-order valence-corrected chi connectivity index (χ4v) is 2.48. The Hall–Kier alpha value is 1.29. The van der Waals surface area contributed by atoms with E-state index in [1.807, 2.05) is 0 Å². The molecule has 0 radical (unpaired) electrons. The minimum Gasteiger partial charge on any atom is -1.00 e. The number of unbranched alkanes of at least 4 members (excludes halogenated alkanes) is 13. The Bertz CT molecular complexity index is 120. The van der Waals surface area contributed by atoms with E-state index in [0.29, 0.717) is 0 Å². The molecule has 0 rings (SSSR count). The van der Waals surface area contributed by atoms with E-state index in [-0.39, 0.29) is 31.0 Å². The Morgan fingerprint density at radius 1 is 0.556 bits per heavy atom. The number of hydrogen-bond donors (Lipinski definition) is 0. The maximum absolute atomic E-state index is 5.64. The summed E-state index contributed by atoms with van der Waals surface area (Å²) in [5.41, 5.74) is 0. The first-order chi connectivity index (χ1) is 8.41. The Morgan fingerprint density at radius 2 is 0.833 bits per heavy atom. The second kappa shape index (κ2) is 20.6. The van der Waals surface area contributed by atoms with Crippen molar-refractivity contribution in [1.82, 2.24) is 0 Å². The van der Waals surface area contributed by atoms with Crippen LogP contribution in [-0.4, -0.2) is 5.88 Å². The number of hydrogen-bond acceptors (Lipinski definition) is 0. The predicted molar refractivity (Wildman–Crippen MR) is 82.1 cm³/mol. The third-order valence-electron chi connectivity index (χ3n) is 3.49. The Balaban J connectivity index is -0.00000128. The molecule has 0 N–H and O–H groups in total. The van der Waals surface area contributed by atoms with E-state index in [4.69, 9.17) is 11.6 Å². The molecular formula is C16H34ClNa. The second-order valence-corrected chi connectivity index (χ2v) is 5.66. The van der Waals surface area contributed by atoms with Gasteiger partial charge in [0.1, 0.15) is 0 Å². The summed E-state index contributed by atoms with van der Waals surface area (Å²) in [5.74, 6) is 0.845. The van der Waals surface area contributed by atoms with Gasteiger partial charge in [-0.25, -0.2) is 0 Å². The van der Waals surface area contributed by atoms with E-state index in [1.54, 1.807) is 0 Å². The molecule has 0 nitrogen and oxygen atoms in total. The molecule has 0 saturated heterocycles. The van der Waals surface area contributed by atoms with Crippen LogP contribution in [0.2, 0.25) is 0 Å². The first-order valence-corrected chi connectivity index (χ1v) is 8.51. The first kappa shape index (κ1) is 21.6. The van der Waals surface area contributed by atoms with E-state index >= 15 is 0 Å². The molecule has 0 unspecified atom stereocenters. The molecule has 0 fully saturated rings. The normalized spacial score (nSPS) is 10.3. The fourth-order valence-electron chi connectivity index (χ4n) is 2.29. The molecule has 0 amide bonds. The van der Waals surface area contributed by atoms with Crippen molar-refractivity contribution in [2.75, 3.05) is 5.88 Å². The van der Waals surface area contributed by atoms with E-state index in [1.165, 1.54) is 89.9 Å². The summed E-state index contributed by atoms with van der Waals surface area (Å²) in [6.07, 6.45) is 19.8. The summed E-state index contributed by atoms with van der Waals surface area (Å²) in [5, 5.41) is 0. The number of halogens is 1. The van der Waals surface area contributed by atoms with Gasteiger partial charge in [-0.2, -0.15) is 0 Å². The van der Waals surface area contributed by atoms with Crippen molar-refractivity contribution in [3.8, 4) is 0 Å². The standard InChI is InChI=1S/C16H33Cl.Na.H/c1-2-3-4-5-6-7-8-9-10-11-12-13-14-15-16-17;;/h2-16H2,1H3;;/q;+1;-1. The SMILES string of the molecule is CCCCCCCCCCCCCCCCCl.[H-].[Na+]. The van der Waals surface area contributed by atoms with Crippen molar-refractivity contribution in [2.45, 2.75) is 96.8 Å². The van der Waals surface area contributed by atoms with Crippen molar-refractivity contribution in [3.63, 3.8) is 0 Å². The second-order valence-electron chi connectivity index (χ2n) is 5.29. The minimum absolute atomic E-state index is 0. The molecule has 106 valence electrons. The van der Waals surface area contributed by atoms with E-state index in [0.717, 1.165) is 5.88 Å². The van der Waals surface area contributed by atoms with Gasteiger partial charge in [-0.3, -0.25) is 0 Å². The summed E-state index contributed by atoms with van der Waals surface area (Å²) in [4.78, 5) is 0. The van der Waals surface area contributed by atoms with Gasteiger partial charge in [-0.05, 0) is 6.42 Å². The van der Waals surface area contributed by atoms with Crippen LogP contribution in [0, 0.1) is 0 Å². The van der Waals surface area contributed by atoms with Crippen LogP contribution in [0.5, 0.6) is 0 Å². The minimum atomic E-state index is 0. The molecule has 2 heteroatoms. The van der Waals surface area contributed by atoms with E-state index < -0.39 is 0 Å². The molecule has 0 aromatic rings. The Morgan fingerprint density at radius 3 is 1.11 bits per heavy atom. The molecule has 0 aromatic carbocycles. The smallest absolute Gasteiger partial charge is 1.00 e. The van der Waals surface area contributed by atoms with Crippen molar-refractivity contribution in [1.29, 1.82) is 0 Å². The van der Waals surface area contributed by atoms with Gasteiger partial charge in [0.15, 0.2) is 0 Å². The molecule has 0 aliphatic carbocycles. The Labute approximate surface area is 144 Å². The summed E-state index contributed by atoms with van der Waals surface area (Å²) < 4.78 is 0. The molecule has 0 aliphatic heterocycles. The predicted octanol–water partition coefficient (Wildman–Crippen LogP) is 3.82. The Kier molecular flexibility index (Phi) is 24.7. The zero-order chi connectivity index (χ0) is 12.6. The van der Waals surface area contributed by atoms with Crippen LogP contribution < -0.4 is 29.6 Å². The summed E-state index contributed by atoms with van der Waals surface area (Å²) in [7, 11) is 0. The van der Waals surface area contributed by atoms with Crippen LogP contribution in [0.3, 0.4) is 0 Å². The maximum atomic E-state index is 5.64. The molecule has 18 heavy (non-hydrogen) atoms. The van der Waals surface area contributed by atoms with Gasteiger partial charge >= 0.3 is 29.6 Å². The maximum Gasteiger partial charge on any atom is 1.00 e. The average molecular weight is 285 g/mol. The van der Waals surface area contributed by atoms with Crippen LogP contribution >= 0.6 is 11.6 Å². The summed E-state index contributed by atoms with van der Waals surface area (Å²) in [6, 6.07) is 0. The number of rotatable bonds is 14. The topological polar surface area (TPSA) is 0 Å². The van der Waals surface area contributed by atoms with Gasteiger partial charge in [-0.15, -0.1) is 11.6 Å². The summed E-state index contributed by atoms with van der Waals surface area (Å²) >= 11 is 5.64. The van der Waals surface area contributed by atoms with Crippen LogP contribution in [0.1, 0.15) is 98.2 Å². The average Bonchev–Trinajstić information content (AvgIpc) is 2.35. The van der Waals surface area contributed by atoms with E-state index in [2.05, 4.69) is 6.92 Å². The molecule has 0 aliphatic rings. The monoisotopic (exact) mass is 284 g/mol. The van der Waals surface area contributed by atoms with Crippen LogP contribution in [-0.2, 0) is 0 Å². The van der Waals surface area contributed by atoms with Gasteiger partial charge < -0.3 is 1.43 Å².